The molecule has 3 heteroatoms. The lowest BCUT2D eigenvalue weighted by Gasteiger charge is -2.66. The molecule has 188 valence electrons. The number of halogens is 1. The summed E-state index contributed by atoms with van der Waals surface area (Å²) in [5.74, 6) is -0.655. The monoisotopic (exact) mass is 452 g/mol. The molecule has 0 unspecified atom stereocenters. The SMILES string of the molecule is O=C(O)CCCCCCCCCCCCCCCCCCCCCCCC12CC(F)(C1)C2. The summed E-state index contributed by atoms with van der Waals surface area (Å²) in [5.41, 5.74) is -0.227. The molecule has 3 rings (SSSR count). The average Bonchev–Trinajstić information content (AvgIpc) is 2.71. The molecule has 0 aliphatic heterocycles. The topological polar surface area (TPSA) is 37.3 Å². The van der Waals surface area contributed by atoms with E-state index in [1.54, 1.807) is 0 Å². The Morgan fingerprint density at radius 3 is 1.09 bits per heavy atom. The zero-order valence-corrected chi connectivity index (χ0v) is 21.1. The van der Waals surface area contributed by atoms with Gasteiger partial charge in [0, 0.05) is 6.42 Å². The van der Waals surface area contributed by atoms with Gasteiger partial charge in [0.25, 0.3) is 0 Å². The molecule has 0 spiro atoms. The second-order valence-electron chi connectivity index (χ2n) is 11.5. The second kappa shape index (κ2) is 16.1. The van der Waals surface area contributed by atoms with Crippen molar-refractivity contribution in [3.63, 3.8) is 0 Å². The van der Waals surface area contributed by atoms with Gasteiger partial charge in [-0.05, 0) is 37.5 Å². The summed E-state index contributed by atoms with van der Waals surface area (Å²) in [6.07, 6.45) is 32.5. The van der Waals surface area contributed by atoms with Gasteiger partial charge in [0.05, 0.1) is 0 Å². The molecule has 3 saturated carbocycles. The second-order valence-corrected chi connectivity index (χ2v) is 11.5. The number of hydrogen-bond donors (Lipinski definition) is 1. The van der Waals surface area contributed by atoms with Crippen molar-refractivity contribution in [1.82, 2.24) is 0 Å². The molecule has 0 amide bonds. The molecule has 32 heavy (non-hydrogen) atoms. The number of aliphatic carboxylic acids is 1. The molecular formula is C29H53FO2. The summed E-state index contributed by atoms with van der Waals surface area (Å²) < 4.78 is 13.5. The van der Waals surface area contributed by atoms with Gasteiger partial charge in [0.15, 0.2) is 0 Å². The highest BCUT2D eigenvalue weighted by atomic mass is 19.1. The molecule has 3 aliphatic carbocycles. The minimum atomic E-state index is -0.700. The first-order valence-corrected chi connectivity index (χ1v) is 14.4. The minimum absolute atomic E-state index is 0.339. The highest BCUT2D eigenvalue weighted by Crippen LogP contribution is 2.71. The van der Waals surface area contributed by atoms with E-state index in [1.165, 1.54) is 128 Å². The van der Waals surface area contributed by atoms with Crippen LogP contribution in [-0.4, -0.2) is 16.7 Å². The third kappa shape index (κ3) is 12.0. The van der Waals surface area contributed by atoms with E-state index in [0.717, 1.165) is 32.1 Å². The Morgan fingerprint density at radius 1 is 0.531 bits per heavy atom. The van der Waals surface area contributed by atoms with Crippen LogP contribution in [0.15, 0.2) is 0 Å². The largest absolute Gasteiger partial charge is 0.481 e. The Kier molecular flexibility index (Phi) is 13.9. The highest BCUT2D eigenvalue weighted by molar-refractivity contribution is 5.66. The molecule has 2 bridgehead atoms. The van der Waals surface area contributed by atoms with Crippen LogP contribution in [0.4, 0.5) is 4.39 Å². The fraction of sp³-hybridized carbons (Fsp3) is 0.966. The van der Waals surface area contributed by atoms with Crippen LogP contribution >= 0.6 is 0 Å². The third-order valence-electron chi connectivity index (χ3n) is 8.17. The maximum atomic E-state index is 13.5. The first-order valence-electron chi connectivity index (χ1n) is 14.4. The van der Waals surface area contributed by atoms with E-state index in [1.807, 2.05) is 0 Å². The molecule has 1 N–H and O–H groups in total. The number of carboxylic acids is 1. The molecule has 2 nitrogen and oxygen atoms in total. The van der Waals surface area contributed by atoms with Crippen LogP contribution in [0.1, 0.15) is 167 Å². The van der Waals surface area contributed by atoms with Crippen LogP contribution < -0.4 is 0 Å². The van der Waals surface area contributed by atoms with Gasteiger partial charge in [-0.25, -0.2) is 4.39 Å². The molecule has 3 aliphatic rings. The summed E-state index contributed by atoms with van der Waals surface area (Å²) in [6, 6.07) is 0. The third-order valence-corrected chi connectivity index (χ3v) is 8.17. The van der Waals surface area contributed by atoms with E-state index >= 15 is 0 Å². The van der Waals surface area contributed by atoms with Gasteiger partial charge in [-0.15, -0.1) is 0 Å². The minimum Gasteiger partial charge on any atom is -0.481 e. The molecule has 0 aromatic rings. The Hall–Kier alpha value is -0.600. The smallest absolute Gasteiger partial charge is 0.303 e. The number of rotatable bonds is 24. The summed E-state index contributed by atoms with van der Waals surface area (Å²) in [5, 5.41) is 8.60. The van der Waals surface area contributed by atoms with Crippen LogP contribution in [-0.2, 0) is 4.79 Å². The molecule has 0 heterocycles. The Balaban J connectivity index is 1.16. The number of hydrogen-bond acceptors (Lipinski definition) is 1. The summed E-state index contributed by atoms with van der Waals surface area (Å²) >= 11 is 0. The zero-order chi connectivity index (χ0) is 23.0. The van der Waals surface area contributed by atoms with Gasteiger partial charge < -0.3 is 5.11 Å². The van der Waals surface area contributed by atoms with Gasteiger partial charge in [0.1, 0.15) is 5.67 Å². The van der Waals surface area contributed by atoms with Crippen molar-refractivity contribution in [2.75, 3.05) is 0 Å². The molecule has 0 aromatic carbocycles. The number of alkyl halides is 1. The zero-order valence-electron chi connectivity index (χ0n) is 21.1. The van der Waals surface area contributed by atoms with Gasteiger partial charge in [0.2, 0.25) is 0 Å². The number of unbranched alkanes of at least 4 members (excludes halogenated alkanes) is 20. The normalized spacial score (nSPS) is 23.7. The standard InChI is InChI=1S/C29H53FO2/c30-29-24-28(25-29,26-29)23-21-19-17-15-13-11-9-7-5-3-1-2-4-6-8-10-12-14-16-18-20-22-27(31)32/h1-26H2,(H,31,32). The number of carboxylic acid groups (broad SMARTS) is 1. The first kappa shape index (κ1) is 27.6. The van der Waals surface area contributed by atoms with Crippen LogP contribution in [0.3, 0.4) is 0 Å². The Bertz CT molecular complexity index is 470. The van der Waals surface area contributed by atoms with Gasteiger partial charge in [-0.2, -0.15) is 0 Å². The van der Waals surface area contributed by atoms with Crippen molar-refractivity contribution in [2.45, 2.75) is 173 Å². The predicted molar refractivity (Wildman–Crippen MR) is 134 cm³/mol. The summed E-state index contributed by atoms with van der Waals surface area (Å²) in [4.78, 5) is 10.4. The molecule has 0 saturated heterocycles. The Labute approximate surface area is 198 Å². The van der Waals surface area contributed by atoms with Crippen molar-refractivity contribution in [2.24, 2.45) is 5.41 Å². The van der Waals surface area contributed by atoms with E-state index in [9.17, 15) is 9.18 Å². The van der Waals surface area contributed by atoms with Crippen LogP contribution in [0, 0.1) is 5.41 Å². The van der Waals surface area contributed by atoms with E-state index in [-0.39, 0.29) is 0 Å². The van der Waals surface area contributed by atoms with E-state index < -0.39 is 11.6 Å². The van der Waals surface area contributed by atoms with Gasteiger partial charge in [-0.3, -0.25) is 4.79 Å². The quantitative estimate of drug-likeness (QED) is 0.148. The van der Waals surface area contributed by atoms with E-state index in [0.29, 0.717) is 11.8 Å². The van der Waals surface area contributed by atoms with Crippen LogP contribution in [0.5, 0.6) is 0 Å². The van der Waals surface area contributed by atoms with Crippen molar-refractivity contribution in [3.8, 4) is 0 Å². The lowest BCUT2D eigenvalue weighted by molar-refractivity contribution is -0.217. The fourth-order valence-electron chi connectivity index (χ4n) is 6.26. The van der Waals surface area contributed by atoms with Crippen molar-refractivity contribution in [3.05, 3.63) is 0 Å². The van der Waals surface area contributed by atoms with Crippen molar-refractivity contribution >= 4 is 5.97 Å². The van der Waals surface area contributed by atoms with Crippen molar-refractivity contribution in [1.29, 1.82) is 0 Å². The molecule has 0 aromatic heterocycles. The van der Waals surface area contributed by atoms with Gasteiger partial charge in [-0.1, -0.05) is 128 Å². The van der Waals surface area contributed by atoms with Crippen LogP contribution in [0.2, 0.25) is 0 Å². The maximum absolute atomic E-state index is 13.5. The van der Waals surface area contributed by atoms with Gasteiger partial charge >= 0.3 is 5.97 Å². The lowest BCUT2D eigenvalue weighted by Crippen LogP contribution is -2.64. The summed E-state index contributed by atoms with van der Waals surface area (Å²) in [7, 11) is 0. The summed E-state index contributed by atoms with van der Waals surface area (Å²) in [6.45, 7) is 0. The molecule has 3 fully saturated rings. The predicted octanol–water partition coefficient (Wildman–Crippen LogP) is 9.94. The van der Waals surface area contributed by atoms with E-state index in [2.05, 4.69) is 0 Å². The Morgan fingerprint density at radius 2 is 0.812 bits per heavy atom. The van der Waals surface area contributed by atoms with Crippen LogP contribution in [0.25, 0.3) is 0 Å². The molecule has 0 atom stereocenters. The highest BCUT2D eigenvalue weighted by Gasteiger charge is 2.68. The maximum Gasteiger partial charge on any atom is 0.303 e. The first-order chi connectivity index (χ1) is 15.5. The fourth-order valence-corrected chi connectivity index (χ4v) is 6.26. The van der Waals surface area contributed by atoms with Crippen molar-refractivity contribution < 1.29 is 14.3 Å². The molecule has 0 radical (unpaired) electrons. The lowest BCUT2D eigenvalue weighted by atomic mass is 9.41. The molecular weight excluding hydrogens is 399 g/mol. The average molecular weight is 453 g/mol. The van der Waals surface area contributed by atoms with E-state index in [4.69, 9.17) is 5.11 Å². The number of carbonyl (C=O) groups is 1.